The molecule has 1 saturated heterocycles. The summed E-state index contributed by atoms with van der Waals surface area (Å²) in [6.07, 6.45) is 0.975. The van der Waals surface area contributed by atoms with E-state index in [1.54, 1.807) is 6.92 Å². The summed E-state index contributed by atoms with van der Waals surface area (Å²) < 4.78 is 30.1. The van der Waals surface area contributed by atoms with Crippen molar-refractivity contribution in [2.75, 3.05) is 26.0 Å². The third-order valence-corrected chi connectivity index (χ3v) is 5.04. The largest absolute Gasteiger partial charge is 0.480 e. The summed E-state index contributed by atoms with van der Waals surface area (Å²) in [6, 6.07) is -0.984. The molecule has 1 heterocycles. The lowest BCUT2D eigenvalue weighted by atomic mass is 10.2. The number of aliphatic carboxylic acids is 1. The molecule has 0 amide bonds. The number of ether oxygens (including phenoxy) is 1. The van der Waals surface area contributed by atoms with E-state index in [9.17, 15) is 13.2 Å². The van der Waals surface area contributed by atoms with Gasteiger partial charge in [-0.15, -0.1) is 0 Å². The smallest absolute Gasteiger partial charge is 0.321 e. The van der Waals surface area contributed by atoms with Crippen LogP contribution in [0, 0.1) is 5.92 Å². The summed E-state index contributed by atoms with van der Waals surface area (Å²) in [4.78, 5) is 10.9. The summed E-state index contributed by atoms with van der Waals surface area (Å²) in [5, 5.41) is 8.94. The summed E-state index contributed by atoms with van der Waals surface area (Å²) in [5.74, 6) is -1.16. The molecule has 1 N–H and O–H groups in total. The van der Waals surface area contributed by atoms with Crippen LogP contribution in [0.25, 0.3) is 0 Å². The number of carboxylic acids is 1. The number of rotatable bonds is 6. The molecular formula is C10H19NO5S. The molecule has 0 aromatic carbocycles. The van der Waals surface area contributed by atoms with Gasteiger partial charge in [0.15, 0.2) is 0 Å². The maximum absolute atomic E-state index is 12.0. The number of carbonyl (C=O) groups is 1. The van der Waals surface area contributed by atoms with Gasteiger partial charge in [-0.2, -0.15) is 4.31 Å². The number of hydrogen-bond donors (Lipinski definition) is 1. The van der Waals surface area contributed by atoms with Gasteiger partial charge in [0.25, 0.3) is 0 Å². The average Bonchev–Trinajstić information content (AvgIpc) is 2.70. The minimum atomic E-state index is -3.53. The highest BCUT2D eigenvalue weighted by Gasteiger charge is 2.33. The lowest BCUT2D eigenvalue weighted by molar-refractivity contribution is -0.141. The second-order valence-corrected chi connectivity index (χ2v) is 6.36. The second kappa shape index (κ2) is 5.79. The van der Waals surface area contributed by atoms with Crippen LogP contribution in [0.1, 0.15) is 19.8 Å². The molecule has 1 fully saturated rings. The highest BCUT2D eigenvalue weighted by Crippen LogP contribution is 2.18. The predicted octanol–water partition coefficient (Wildman–Crippen LogP) is 0.148. The van der Waals surface area contributed by atoms with Crippen molar-refractivity contribution < 1.29 is 23.1 Å². The van der Waals surface area contributed by atoms with Crippen LogP contribution in [0.15, 0.2) is 0 Å². The molecule has 100 valence electrons. The van der Waals surface area contributed by atoms with E-state index in [4.69, 9.17) is 9.84 Å². The summed E-state index contributed by atoms with van der Waals surface area (Å²) in [6.45, 7) is 2.68. The predicted molar refractivity (Wildman–Crippen MR) is 62.2 cm³/mol. The van der Waals surface area contributed by atoms with E-state index >= 15 is 0 Å². The van der Waals surface area contributed by atoms with Gasteiger partial charge in [0, 0.05) is 13.7 Å². The molecule has 17 heavy (non-hydrogen) atoms. The Kier molecular flexibility index (Phi) is 4.91. The van der Waals surface area contributed by atoms with Crippen LogP contribution >= 0.6 is 0 Å². The van der Waals surface area contributed by atoms with Crippen molar-refractivity contribution in [2.24, 2.45) is 5.92 Å². The SMILES string of the molecule is CCC(C(=O)O)N(C)S(=O)(=O)CC1CCOC1. The van der Waals surface area contributed by atoms with Gasteiger partial charge in [-0.3, -0.25) is 4.79 Å². The third-order valence-electron chi connectivity index (χ3n) is 3.02. The molecule has 0 aromatic rings. The Morgan fingerprint density at radius 1 is 1.59 bits per heavy atom. The van der Waals surface area contributed by atoms with Gasteiger partial charge in [0.1, 0.15) is 6.04 Å². The van der Waals surface area contributed by atoms with Gasteiger partial charge in [0.05, 0.1) is 12.4 Å². The first-order valence-electron chi connectivity index (χ1n) is 5.64. The lowest BCUT2D eigenvalue weighted by Gasteiger charge is -2.24. The molecule has 2 unspecified atom stereocenters. The molecule has 6 nitrogen and oxygen atoms in total. The first-order chi connectivity index (χ1) is 7.88. The van der Waals surface area contributed by atoms with Gasteiger partial charge in [-0.25, -0.2) is 8.42 Å². The molecule has 1 rings (SSSR count). The fourth-order valence-corrected chi connectivity index (χ4v) is 3.63. The topological polar surface area (TPSA) is 83.9 Å². The standard InChI is InChI=1S/C10H19NO5S/c1-3-9(10(12)13)11(2)17(14,15)7-8-4-5-16-6-8/h8-9H,3-7H2,1-2H3,(H,12,13). The molecule has 0 spiro atoms. The summed E-state index contributed by atoms with van der Waals surface area (Å²) in [7, 11) is -2.20. The van der Waals surface area contributed by atoms with E-state index < -0.39 is 22.0 Å². The van der Waals surface area contributed by atoms with E-state index in [2.05, 4.69) is 0 Å². The number of sulfonamides is 1. The van der Waals surface area contributed by atoms with Crippen LogP contribution in [0.2, 0.25) is 0 Å². The van der Waals surface area contributed by atoms with Crippen molar-refractivity contribution in [3.05, 3.63) is 0 Å². The molecule has 0 bridgehead atoms. The second-order valence-electron chi connectivity index (χ2n) is 4.29. The molecule has 2 atom stereocenters. The van der Waals surface area contributed by atoms with Crippen molar-refractivity contribution in [1.29, 1.82) is 0 Å². The van der Waals surface area contributed by atoms with Crippen molar-refractivity contribution >= 4 is 16.0 Å². The van der Waals surface area contributed by atoms with E-state index in [0.717, 1.165) is 10.7 Å². The fourth-order valence-electron chi connectivity index (χ4n) is 1.91. The Labute approximate surface area is 102 Å². The molecule has 7 heteroatoms. The third kappa shape index (κ3) is 3.65. The first kappa shape index (κ1) is 14.4. The van der Waals surface area contributed by atoms with Crippen molar-refractivity contribution in [1.82, 2.24) is 4.31 Å². The van der Waals surface area contributed by atoms with Crippen LogP contribution in [0.5, 0.6) is 0 Å². The van der Waals surface area contributed by atoms with E-state index in [1.165, 1.54) is 7.05 Å². The molecule has 0 aliphatic carbocycles. The van der Waals surface area contributed by atoms with Crippen molar-refractivity contribution in [3.63, 3.8) is 0 Å². The van der Waals surface area contributed by atoms with Gasteiger partial charge in [-0.1, -0.05) is 6.92 Å². The molecule has 0 radical (unpaired) electrons. The Hall–Kier alpha value is -0.660. The Balaban J connectivity index is 2.70. The maximum atomic E-state index is 12.0. The van der Waals surface area contributed by atoms with E-state index in [0.29, 0.717) is 13.2 Å². The molecule has 0 saturated carbocycles. The Bertz CT molecular complexity index is 361. The van der Waals surface area contributed by atoms with Crippen LogP contribution < -0.4 is 0 Å². The molecule has 0 aromatic heterocycles. The zero-order chi connectivity index (χ0) is 13.1. The first-order valence-corrected chi connectivity index (χ1v) is 7.25. The van der Waals surface area contributed by atoms with E-state index in [-0.39, 0.29) is 18.1 Å². The molecular weight excluding hydrogens is 246 g/mol. The normalized spacial score (nSPS) is 22.9. The zero-order valence-electron chi connectivity index (χ0n) is 10.1. The highest BCUT2D eigenvalue weighted by molar-refractivity contribution is 7.89. The number of likely N-dealkylation sites (N-methyl/N-ethyl adjacent to an activating group) is 1. The monoisotopic (exact) mass is 265 g/mol. The highest BCUT2D eigenvalue weighted by atomic mass is 32.2. The number of nitrogens with zero attached hydrogens (tertiary/aromatic N) is 1. The minimum absolute atomic E-state index is 0.0197. The maximum Gasteiger partial charge on any atom is 0.321 e. The van der Waals surface area contributed by atoms with Crippen LogP contribution in [0.3, 0.4) is 0 Å². The summed E-state index contributed by atoms with van der Waals surface area (Å²) >= 11 is 0. The Morgan fingerprint density at radius 2 is 2.24 bits per heavy atom. The zero-order valence-corrected chi connectivity index (χ0v) is 10.9. The number of carboxylic acid groups (broad SMARTS) is 1. The fraction of sp³-hybridized carbons (Fsp3) is 0.900. The number of hydrogen-bond acceptors (Lipinski definition) is 4. The lowest BCUT2D eigenvalue weighted by Crippen LogP contribution is -2.44. The van der Waals surface area contributed by atoms with E-state index in [1.807, 2.05) is 0 Å². The van der Waals surface area contributed by atoms with Gasteiger partial charge in [0.2, 0.25) is 10.0 Å². The Morgan fingerprint density at radius 3 is 2.65 bits per heavy atom. The van der Waals surface area contributed by atoms with Gasteiger partial charge >= 0.3 is 5.97 Å². The van der Waals surface area contributed by atoms with Gasteiger partial charge < -0.3 is 9.84 Å². The minimum Gasteiger partial charge on any atom is -0.480 e. The van der Waals surface area contributed by atoms with Crippen molar-refractivity contribution in [2.45, 2.75) is 25.8 Å². The molecule has 1 aliphatic rings. The summed E-state index contributed by atoms with van der Waals surface area (Å²) in [5.41, 5.74) is 0. The van der Waals surface area contributed by atoms with Crippen LogP contribution in [-0.2, 0) is 19.6 Å². The van der Waals surface area contributed by atoms with Crippen LogP contribution in [0.4, 0.5) is 0 Å². The average molecular weight is 265 g/mol. The van der Waals surface area contributed by atoms with Gasteiger partial charge in [-0.05, 0) is 18.8 Å². The van der Waals surface area contributed by atoms with Crippen LogP contribution in [-0.4, -0.2) is 55.9 Å². The quantitative estimate of drug-likeness (QED) is 0.739. The van der Waals surface area contributed by atoms with Crippen molar-refractivity contribution in [3.8, 4) is 0 Å². The molecule has 1 aliphatic heterocycles.